The summed E-state index contributed by atoms with van der Waals surface area (Å²) in [5.74, 6) is -3.70. The second-order valence-electron chi connectivity index (χ2n) is 17.6. The van der Waals surface area contributed by atoms with E-state index in [-0.39, 0.29) is 35.0 Å². The van der Waals surface area contributed by atoms with Gasteiger partial charge in [0.2, 0.25) is 23.5 Å². The Morgan fingerprint density at radius 2 is 1.70 bits per heavy atom. The van der Waals surface area contributed by atoms with Gasteiger partial charge in [0.1, 0.15) is 0 Å². The Hall–Kier alpha value is -5.71. The number of carbonyl (C=O) groups excluding carboxylic acids is 2. The zero-order chi connectivity index (χ0) is 42.2. The molecule has 5 aromatic rings. The summed E-state index contributed by atoms with van der Waals surface area (Å²) >= 11 is 0. The van der Waals surface area contributed by atoms with Gasteiger partial charge in [-0.25, -0.2) is 18.2 Å². The van der Waals surface area contributed by atoms with Crippen LogP contribution in [0.2, 0.25) is 0 Å². The lowest BCUT2D eigenvalue weighted by atomic mass is 9.87. The topological polar surface area (TPSA) is 152 Å². The number of likely N-dealkylation sites (tertiary alicyclic amines) is 1. The van der Waals surface area contributed by atoms with Crippen molar-refractivity contribution in [3.63, 3.8) is 0 Å². The number of nitrogens with zero attached hydrogens (tertiary/aromatic N) is 7. The highest BCUT2D eigenvalue weighted by molar-refractivity contribution is 6.02. The molecule has 320 valence electrons. The number of halogens is 3. The number of hydrogen-bond acceptors (Lipinski definition) is 11. The quantitative estimate of drug-likeness (QED) is 0.160. The molecule has 4 aliphatic heterocycles. The van der Waals surface area contributed by atoms with Crippen LogP contribution >= 0.6 is 0 Å². The summed E-state index contributed by atoms with van der Waals surface area (Å²) < 4.78 is 54.2. The van der Waals surface area contributed by atoms with Crippen molar-refractivity contribution in [2.45, 2.75) is 75.2 Å². The van der Waals surface area contributed by atoms with E-state index in [4.69, 9.17) is 9.84 Å². The maximum absolute atomic E-state index is 15.3. The van der Waals surface area contributed by atoms with Gasteiger partial charge in [-0.3, -0.25) is 24.4 Å². The van der Waals surface area contributed by atoms with Gasteiger partial charge in [0.25, 0.3) is 5.56 Å². The van der Waals surface area contributed by atoms with E-state index in [0.29, 0.717) is 60.1 Å². The van der Waals surface area contributed by atoms with Crippen LogP contribution in [0.25, 0.3) is 21.8 Å². The van der Waals surface area contributed by atoms with Crippen molar-refractivity contribution >= 4 is 56.8 Å². The molecule has 3 saturated heterocycles. The SMILES string of the molecule is Cn1nc(C2CCC(=O)NC2=O)c2ccc(C3CCN(CC4CCN(c5ncc(F)c(Nc6ccc7c(c6)c6c(c(=O)n7C)OCC(F)(F)[C@H](C7CC7)N6)n5)CC4)CC3)cc21. The molecule has 3 N–H and O–H groups in total. The van der Waals surface area contributed by atoms with Crippen LogP contribution in [0.3, 0.4) is 0 Å². The van der Waals surface area contributed by atoms with E-state index < -0.39 is 35.9 Å². The molecule has 1 unspecified atom stereocenters. The van der Waals surface area contributed by atoms with Crippen LogP contribution in [0.15, 0.2) is 47.4 Å². The van der Waals surface area contributed by atoms with Crippen molar-refractivity contribution < 1.29 is 27.5 Å². The first kappa shape index (κ1) is 39.4. The summed E-state index contributed by atoms with van der Waals surface area (Å²) in [4.78, 5) is 51.1. The number of aromatic nitrogens is 5. The number of piperidine rings is 3. The lowest BCUT2D eigenvalue weighted by molar-refractivity contribution is -0.134. The van der Waals surface area contributed by atoms with E-state index in [1.54, 1.807) is 25.2 Å². The van der Waals surface area contributed by atoms with Crippen LogP contribution in [0.5, 0.6) is 5.75 Å². The summed E-state index contributed by atoms with van der Waals surface area (Å²) in [6.45, 7) is 3.64. The number of rotatable bonds is 8. The van der Waals surface area contributed by atoms with E-state index in [1.807, 2.05) is 11.7 Å². The molecular weight excluding hydrogens is 790 g/mol. The van der Waals surface area contributed by atoms with Gasteiger partial charge in [-0.1, -0.05) is 12.1 Å². The standard InChI is InChI=1S/C44H49F3N10O4/c1-54-33-9-6-28(20-31(33)37-38(42(54)60)61-23-44(46,47)39(51-37)26-3-4-26)49-40-32(45)21-48-43(52-40)57-17-11-24(12-18-57)22-56-15-13-25(14-16-56)27-5-7-29-34(19-27)55(2)53-36(29)30-8-10-35(58)50-41(30)59/h5-7,9,19-21,24-26,30,39,51H,3-4,8,10-18,22-23H2,1-2H3,(H,48,49,52)(H,50,58,59)/t30?,39-/m0/s1. The first-order valence-corrected chi connectivity index (χ1v) is 21.4. The monoisotopic (exact) mass is 838 g/mol. The van der Waals surface area contributed by atoms with Crippen molar-refractivity contribution in [3.8, 4) is 5.75 Å². The second kappa shape index (κ2) is 15.3. The summed E-state index contributed by atoms with van der Waals surface area (Å²) in [6.07, 6.45) is 7.34. The number of anilines is 4. The van der Waals surface area contributed by atoms with Crippen molar-refractivity contribution in [3.05, 3.63) is 70.0 Å². The molecule has 10 rings (SSSR count). The predicted molar refractivity (Wildman–Crippen MR) is 224 cm³/mol. The summed E-state index contributed by atoms with van der Waals surface area (Å²) in [7, 11) is 3.48. The van der Waals surface area contributed by atoms with Gasteiger partial charge < -0.3 is 29.7 Å². The van der Waals surface area contributed by atoms with Crippen LogP contribution in [0.1, 0.15) is 74.5 Å². The molecule has 1 saturated carbocycles. The first-order valence-electron chi connectivity index (χ1n) is 21.4. The van der Waals surface area contributed by atoms with E-state index >= 15 is 13.2 Å². The summed E-state index contributed by atoms with van der Waals surface area (Å²) in [5.41, 5.74) is 3.72. The first-order chi connectivity index (χ1) is 29.4. The molecule has 0 radical (unpaired) electrons. The minimum atomic E-state index is -3.16. The van der Waals surface area contributed by atoms with Crippen molar-refractivity contribution in [1.29, 1.82) is 0 Å². The molecule has 17 heteroatoms. The average Bonchev–Trinajstić information content (AvgIpc) is 4.06. The largest absolute Gasteiger partial charge is 0.480 e. The van der Waals surface area contributed by atoms with Gasteiger partial charge >= 0.3 is 5.92 Å². The Morgan fingerprint density at radius 3 is 2.46 bits per heavy atom. The predicted octanol–water partition coefficient (Wildman–Crippen LogP) is 5.93. The van der Waals surface area contributed by atoms with Crippen LogP contribution in [-0.4, -0.2) is 92.3 Å². The smallest absolute Gasteiger partial charge is 0.301 e. The van der Waals surface area contributed by atoms with E-state index in [9.17, 15) is 14.4 Å². The molecule has 2 aromatic carbocycles. The third-order valence-corrected chi connectivity index (χ3v) is 13.6. The fourth-order valence-corrected chi connectivity index (χ4v) is 9.92. The average molecular weight is 839 g/mol. The number of alkyl halides is 2. The van der Waals surface area contributed by atoms with E-state index in [1.165, 1.54) is 16.3 Å². The number of amides is 2. The minimum absolute atomic E-state index is 0.00542. The highest BCUT2D eigenvalue weighted by Gasteiger charge is 2.51. The molecule has 4 fully saturated rings. The van der Waals surface area contributed by atoms with Crippen molar-refractivity contribution in [2.75, 3.05) is 54.9 Å². The van der Waals surface area contributed by atoms with Gasteiger partial charge in [0.05, 0.1) is 40.6 Å². The van der Waals surface area contributed by atoms with Gasteiger partial charge in [-0.2, -0.15) is 10.1 Å². The zero-order valence-electron chi connectivity index (χ0n) is 34.2. The van der Waals surface area contributed by atoms with Crippen LogP contribution in [0, 0.1) is 17.7 Å². The van der Waals surface area contributed by atoms with Gasteiger partial charge in [-0.15, -0.1) is 0 Å². The van der Waals surface area contributed by atoms with Gasteiger partial charge in [0.15, 0.2) is 18.2 Å². The van der Waals surface area contributed by atoms with Gasteiger partial charge in [-0.05, 0) is 106 Å². The third kappa shape index (κ3) is 7.44. The molecule has 0 spiro atoms. The highest BCUT2D eigenvalue weighted by Crippen LogP contribution is 2.46. The zero-order valence-corrected chi connectivity index (χ0v) is 34.2. The second-order valence-corrected chi connectivity index (χ2v) is 17.6. The number of fused-ring (bicyclic) bond motifs is 4. The maximum Gasteiger partial charge on any atom is 0.301 e. The molecule has 61 heavy (non-hydrogen) atoms. The lowest BCUT2D eigenvalue weighted by Gasteiger charge is -2.38. The Bertz CT molecular complexity index is 2610. The van der Waals surface area contributed by atoms with Crippen molar-refractivity contribution in [2.24, 2.45) is 25.9 Å². The maximum atomic E-state index is 15.3. The minimum Gasteiger partial charge on any atom is -0.480 e. The molecule has 3 aromatic heterocycles. The fourth-order valence-electron chi connectivity index (χ4n) is 9.92. The number of carbonyl (C=O) groups is 2. The molecule has 2 amide bonds. The molecule has 14 nitrogen and oxygen atoms in total. The number of nitrogens with one attached hydrogen (secondary N) is 3. The van der Waals surface area contributed by atoms with Crippen LogP contribution < -0.4 is 31.1 Å². The molecular formula is C44H49F3N10O4. The summed E-state index contributed by atoms with van der Waals surface area (Å²) in [6, 6.07) is 10.4. The molecule has 5 aliphatic rings. The Kier molecular flexibility index (Phi) is 9.91. The number of aryl methyl sites for hydroxylation is 2. The Labute approximate surface area is 349 Å². The normalized spacial score (nSPS) is 22.7. The third-order valence-electron chi connectivity index (χ3n) is 13.6. The highest BCUT2D eigenvalue weighted by atomic mass is 19.3. The fraction of sp³-hybridized carbons (Fsp3) is 0.500. The number of imide groups is 1. The van der Waals surface area contributed by atoms with Crippen LogP contribution in [-0.2, 0) is 23.7 Å². The lowest BCUT2D eigenvalue weighted by Crippen LogP contribution is -2.44. The summed E-state index contributed by atoms with van der Waals surface area (Å²) in [5, 5.41) is 14.7. The Balaban J connectivity index is 0.763. The molecule has 2 atom stereocenters. The number of ether oxygens (including phenoxy) is 1. The van der Waals surface area contributed by atoms with E-state index in [0.717, 1.165) is 75.0 Å². The molecule has 7 heterocycles. The Morgan fingerprint density at radius 1 is 0.918 bits per heavy atom. The molecule has 1 aliphatic carbocycles. The van der Waals surface area contributed by atoms with Crippen molar-refractivity contribution in [1.82, 2.24) is 34.5 Å². The number of benzene rings is 2. The van der Waals surface area contributed by atoms with E-state index in [2.05, 4.69) is 53.9 Å². The number of pyridine rings is 1. The van der Waals surface area contributed by atoms with Gasteiger partial charge in [0, 0.05) is 56.6 Å². The van der Waals surface area contributed by atoms with Crippen LogP contribution in [0.4, 0.5) is 36.3 Å². The number of hydrogen-bond donors (Lipinski definition) is 3. The molecule has 0 bridgehead atoms.